The smallest absolute Gasteiger partial charge is 0.172 e. The lowest BCUT2D eigenvalue weighted by Crippen LogP contribution is -2.12. The minimum absolute atomic E-state index is 0.0552. The molecular weight excluding hydrogens is 536 g/mol. The van der Waals surface area contributed by atoms with Gasteiger partial charge in [0.15, 0.2) is 21.0 Å². The van der Waals surface area contributed by atoms with E-state index in [1.54, 1.807) is 24.3 Å². The first-order valence-corrected chi connectivity index (χ1v) is 11.8. The normalized spacial score (nSPS) is 12.7. The number of halogens is 4. The first-order valence-electron chi connectivity index (χ1n) is 10.2. The van der Waals surface area contributed by atoms with E-state index in [-0.39, 0.29) is 33.7 Å². The van der Waals surface area contributed by atoms with Crippen molar-refractivity contribution in [2.45, 2.75) is 46.1 Å². The molecule has 164 valence electrons. The van der Waals surface area contributed by atoms with Gasteiger partial charge in [-0.15, -0.1) is 0 Å². The van der Waals surface area contributed by atoms with Crippen LogP contribution in [-0.4, -0.2) is 15.0 Å². The summed E-state index contributed by atoms with van der Waals surface area (Å²) in [5.74, 6) is -1.39. The number of aromatic nitrogens is 3. The van der Waals surface area contributed by atoms with Crippen molar-refractivity contribution in [3.8, 4) is 22.6 Å². The van der Waals surface area contributed by atoms with Crippen molar-refractivity contribution in [3.63, 3.8) is 0 Å². The Morgan fingerprint density at radius 2 is 1.42 bits per heavy atom. The number of hydrogen-bond donors (Lipinski definition) is 0. The average molecular weight is 557 g/mol. The molecule has 3 aromatic heterocycles. The van der Waals surface area contributed by atoms with Gasteiger partial charge in [-0.3, -0.25) is 0 Å². The van der Waals surface area contributed by atoms with E-state index in [1.807, 2.05) is 0 Å². The Morgan fingerprint density at radius 3 is 1.81 bits per heavy atom. The summed E-state index contributed by atoms with van der Waals surface area (Å²) >= 11 is 6.44. The molecule has 0 fully saturated rings. The molecule has 0 aliphatic carbocycles. The molecule has 5 nitrogen and oxygen atoms in total. The molecule has 4 aromatic rings. The third-order valence-electron chi connectivity index (χ3n) is 5.36. The molecule has 0 radical (unpaired) electrons. The van der Waals surface area contributed by atoms with E-state index < -0.39 is 11.6 Å². The van der Waals surface area contributed by atoms with Gasteiger partial charge in [-0.25, -0.2) is 8.78 Å². The van der Waals surface area contributed by atoms with Crippen LogP contribution >= 0.6 is 31.9 Å². The van der Waals surface area contributed by atoms with Crippen LogP contribution in [0.1, 0.15) is 39.5 Å². The van der Waals surface area contributed by atoms with Crippen LogP contribution < -0.4 is 0 Å². The van der Waals surface area contributed by atoms with Crippen molar-refractivity contribution in [1.82, 2.24) is 15.0 Å². The van der Waals surface area contributed by atoms with E-state index in [1.165, 1.54) is 4.80 Å². The second-order valence-corrected chi connectivity index (χ2v) is 9.02. The molecule has 0 bridgehead atoms. The molecule has 0 spiro atoms. The van der Waals surface area contributed by atoms with Gasteiger partial charge in [0.2, 0.25) is 0 Å². The fraction of sp³-hybridized carbons (Fsp3) is 0.364. The van der Waals surface area contributed by atoms with Crippen molar-refractivity contribution in [2.75, 3.05) is 0 Å². The van der Waals surface area contributed by atoms with Crippen LogP contribution in [-0.2, 0) is 6.54 Å². The van der Waals surface area contributed by atoms with Gasteiger partial charge < -0.3 is 8.83 Å². The number of fused-ring (bicyclic) bond motifs is 1. The fourth-order valence-corrected chi connectivity index (χ4v) is 4.30. The second kappa shape index (κ2) is 9.24. The van der Waals surface area contributed by atoms with Gasteiger partial charge in [-0.2, -0.15) is 15.0 Å². The molecular formula is C22H21Br2F2N3O2. The van der Waals surface area contributed by atoms with Crippen molar-refractivity contribution in [1.29, 1.82) is 0 Å². The monoisotopic (exact) mass is 555 g/mol. The van der Waals surface area contributed by atoms with E-state index in [9.17, 15) is 0 Å². The first-order chi connectivity index (χ1) is 14.9. The standard InChI is InChI=1S/C22H21Br2F2N3O2/c1-3-5-6-12(4-2)11-29-27-21-17(13-7-9-15(23)30-13)19(25)20(26)18(22(21)28-29)14-8-10-16(24)31-14/h7-10,12H,3-6,11H2,1-2H3. The predicted molar refractivity (Wildman–Crippen MR) is 122 cm³/mol. The lowest BCUT2D eigenvalue weighted by Gasteiger charge is -2.12. The quantitative estimate of drug-likeness (QED) is 0.221. The van der Waals surface area contributed by atoms with E-state index in [4.69, 9.17) is 8.83 Å². The number of unbranched alkanes of at least 4 members (excludes halogenated alkanes) is 1. The zero-order valence-corrected chi connectivity index (χ0v) is 20.3. The van der Waals surface area contributed by atoms with Crippen LogP contribution in [0.15, 0.2) is 42.4 Å². The highest BCUT2D eigenvalue weighted by molar-refractivity contribution is 9.10. The number of nitrogens with zero attached hydrogens (tertiary/aromatic N) is 3. The third kappa shape index (κ3) is 4.35. The van der Waals surface area contributed by atoms with Crippen LogP contribution in [0, 0.1) is 17.6 Å². The van der Waals surface area contributed by atoms with Crippen molar-refractivity contribution in [3.05, 3.63) is 45.2 Å². The molecule has 1 aromatic carbocycles. The molecule has 4 rings (SSSR count). The highest BCUT2D eigenvalue weighted by atomic mass is 79.9. The van der Waals surface area contributed by atoms with Crippen molar-refractivity contribution >= 4 is 42.9 Å². The summed E-state index contributed by atoms with van der Waals surface area (Å²) in [7, 11) is 0. The molecule has 1 unspecified atom stereocenters. The van der Waals surface area contributed by atoms with Gasteiger partial charge in [-0.05, 0) is 68.5 Å². The Bertz CT molecular complexity index is 1130. The van der Waals surface area contributed by atoms with Gasteiger partial charge in [0.05, 0.1) is 17.7 Å². The Labute approximate surface area is 195 Å². The summed E-state index contributed by atoms with van der Waals surface area (Å²) in [5.41, 5.74) is 0.350. The predicted octanol–water partition coefficient (Wildman–Crippen LogP) is 7.97. The molecule has 0 amide bonds. The molecule has 0 saturated heterocycles. The van der Waals surface area contributed by atoms with Crippen LogP contribution in [0.3, 0.4) is 0 Å². The summed E-state index contributed by atoms with van der Waals surface area (Å²) in [4.78, 5) is 1.54. The minimum atomic E-state index is -1.05. The van der Waals surface area contributed by atoms with Gasteiger partial charge in [-0.1, -0.05) is 33.1 Å². The SMILES string of the molecule is CCCCC(CC)Cn1nc2c(-c3ccc(Br)o3)c(F)c(F)c(-c3ccc(Br)o3)c2n1. The molecule has 0 N–H and O–H groups in total. The van der Waals surface area contributed by atoms with E-state index in [0.717, 1.165) is 25.7 Å². The fourth-order valence-electron chi connectivity index (χ4n) is 3.69. The summed E-state index contributed by atoms with van der Waals surface area (Å²) < 4.78 is 42.5. The molecule has 0 aliphatic heterocycles. The highest BCUT2D eigenvalue weighted by Crippen LogP contribution is 2.40. The van der Waals surface area contributed by atoms with Crippen LogP contribution in [0.25, 0.3) is 33.7 Å². The Kier molecular flexibility index (Phi) is 6.62. The lowest BCUT2D eigenvalue weighted by atomic mass is 10.00. The van der Waals surface area contributed by atoms with Gasteiger partial charge in [0.25, 0.3) is 0 Å². The van der Waals surface area contributed by atoms with E-state index >= 15 is 8.78 Å². The maximum Gasteiger partial charge on any atom is 0.172 e. The van der Waals surface area contributed by atoms with Crippen molar-refractivity contribution in [2.24, 2.45) is 5.92 Å². The molecule has 3 heterocycles. The minimum Gasteiger partial charge on any atom is -0.449 e. The molecule has 9 heteroatoms. The first kappa shape index (κ1) is 22.2. The zero-order chi connectivity index (χ0) is 22.1. The average Bonchev–Trinajstić information content (AvgIpc) is 3.46. The number of benzene rings is 1. The Balaban J connectivity index is 1.92. The maximum absolute atomic E-state index is 15.3. The summed E-state index contributed by atoms with van der Waals surface area (Å²) in [5, 5.41) is 9.12. The molecule has 0 aliphatic rings. The lowest BCUT2D eigenvalue weighted by molar-refractivity contribution is 0.351. The number of hydrogen-bond acceptors (Lipinski definition) is 4. The Morgan fingerprint density at radius 1 is 0.903 bits per heavy atom. The van der Waals surface area contributed by atoms with Crippen LogP contribution in [0.2, 0.25) is 0 Å². The van der Waals surface area contributed by atoms with Gasteiger partial charge >= 0.3 is 0 Å². The Hall–Kier alpha value is -2.00. The third-order valence-corrected chi connectivity index (χ3v) is 6.22. The summed E-state index contributed by atoms with van der Waals surface area (Å²) in [6.45, 7) is 4.84. The van der Waals surface area contributed by atoms with Gasteiger partial charge in [0, 0.05) is 0 Å². The summed E-state index contributed by atoms with van der Waals surface area (Å²) in [6, 6.07) is 6.38. The zero-order valence-electron chi connectivity index (χ0n) is 17.1. The molecule has 1 atom stereocenters. The van der Waals surface area contributed by atoms with Gasteiger partial charge in [0.1, 0.15) is 22.6 Å². The number of furan rings is 2. The number of rotatable bonds is 8. The van der Waals surface area contributed by atoms with Crippen LogP contribution in [0.4, 0.5) is 8.78 Å². The van der Waals surface area contributed by atoms with Crippen molar-refractivity contribution < 1.29 is 17.6 Å². The highest BCUT2D eigenvalue weighted by Gasteiger charge is 2.29. The second-order valence-electron chi connectivity index (χ2n) is 7.45. The molecule has 0 saturated carbocycles. The molecule has 31 heavy (non-hydrogen) atoms. The van der Waals surface area contributed by atoms with E-state index in [0.29, 0.717) is 21.8 Å². The topological polar surface area (TPSA) is 57.0 Å². The maximum atomic E-state index is 15.3. The van der Waals surface area contributed by atoms with E-state index in [2.05, 4.69) is 55.9 Å². The largest absolute Gasteiger partial charge is 0.449 e. The van der Waals surface area contributed by atoms with Crippen LogP contribution in [0.5, 0.6) is 0 Å². The summed E-state index contributed by atoms with van der Waals surface area (Å²) in [6.07, 6.45) is 4.23.